The molecule has 2 aromatic carbocycles. The van der Waals surface area contributed by atoms with E-state index in [1.807, 2.05) is 30.3 Å². The standard InChI is InChI=1S/C20H21NO6/c1-25-14-8-9-15(18(10-14)26-2)16(11-22)19(23)21-17(12-27-20(21)24)13-6-4-3-5-7-13/h3-10,16-17,22H,11-12H2,1-2H3/t16-,17+/m0/s1. The maximum Gasteiger partial charge on any atom is 0.417 e. The summed E-state index contributed by atoms with van der Waals surface area (Å²) in [6.45, 7) is -0.403. The molecule has 0 aliphatic carbocycles. The monoisotopic (exact) mass is 371 g/mol. The van der Waals surface area contributed by atoms with E-state index in [0.717, 1.165) is 10.5 Å². The van der Waals surface area contributed by atoms with Gasteiger partial charge in [0.25, 0.3) is 0 Å². The molecule has 0 radical (unpaired) electrons. The molecule has 142 valence electrons. The number of ether oxygens (including phenoxy) is 3. The van der Waals surface area contributed by atoms with E-state index in [1.165, 1.54) is 14.2 Å². The lowest BCUT2D eigenvalue weighted by Crippen LogP contribution is -2.39. The predicted molar refractivity (Wildman–Crippen MR) is 96.7 cm³/mol. The first-order chi connectivity index (χ1) is 13.1. The van der Waals surface area contributed by atoms with Crippen LogP contribution in [0, 0.1) is 0 Å². The molecule has 27 heavy (non-hydrogen) atoms. The lowest BCUT2D eigenvalue weighted by Gasteiger charge is -2.25. The van der Waals surface area contributed by atoms with Crippen LogP contribution in [0.1, 0.15) is 23.1 Å². The molecule has 1 heterocycles. The van der Waals surface area contributed by atoms with Crippen LogP contribution in [0.25, 0.3) is 0 Å². The molecule has 1 N–H and O–H groups in total. The van der Waals surface area contributed by atoms with Crippen molar-refractivity contribution in [1.82, 2.24) is 4.90 Å². The maximum absolute atomic E-state index is 13.2. The van der Waals surface area contributed by atoms with Gasteiger partial charge in [0.15, 0.2) is 0 Å². The Morgan fingerprint density at radius 1 is 1.22 bits per heavy atom. The Morgan fingerprint density at radius 2 is 1.96 bits per heavy atom. The molecule has 1 aliphatic rings. The van der Waals surface area contributed by atoms with Crippen LogP contribution in [0.2, 0.25) is 0 Å². The average molecular weight is 371 g/mol. The smallest absolute Gasteiger partial charge is 0.417 e. The lowest BCUT2D eigenvalue weighted by atomic mass is 9.96. The van der Waals surface area contributed by atoms with E-state index in [-0.39, 0.29) is 6.61 Å². The van der Waals surface area contributed by atoms with Gasteiger partial charge in [-0.05, 0) is 11.6 Å². The number of benzene rings is 2. The molecule has 0 aromatic heterocycles. The van der Waals surface area contributed by atoms with Crippen molar-refractivity contribution in [2.45, 2.75) is 12.0 Å². The van der Waals surface area contributed by atoms with Gasteiger partial charge in [-0.15, -0.1) is 0 Å². The number of methoxy groups -OCH3 is 2. The second-order valence-corrected chi connectivity index (χ2v) is 6.05. The lowest BCUT2D eigenvalue weighted by molar-refractivity contribution is -0.131. The van der Waals surface area contributed by atoms with Crippen LogP contribution in [0.5, 0.6) is 11.5 Å². The zero-order valence-electron chi connectivity index (χ0n) is 15.1. The summed E-state index contributed by atoms with van der Waals surface area (Å²) in [6.07, 6.45) is -0.722. The topological polar surface area (TPSA) is 85.3 Å². The summed E-state index contributed by atoms with van der Waals surface area (Å²) in [5, 5.41) is 9.91. The minimum atomic E-state index is -0.970. The van der Waals surface area contributed by atoms with Crippen molar-refractivity contribution in [1.29, 1.82) is 0 Å². The van der Waals surface area contributed by atoms with E-state index in [4.69, 9.17) is 14.2 Å². The highest BCUT2D eigenvalue weighted by Gasteiger charge is 2.42. The number of nitrogens with zero attached hydrogens (tertiary/aromatic N) is 1. The fraction of sp³-hybridized carbons (Fsp3) is 0.300. The molecule has 7 heteroatoms. The predicted octanol–water partition coefficient (Wildman–Crippen LogP) is 2.50. The summed E-state index contributed by atoms with van der Waals surface area (Å²) in [7, 11) is 2.99. The number of carbonyl (C=O) groups is 2. The van der Waals surface area contributed by atoms with Gasteiger partial charge in [-0.3, -0.25) is 4.79 Å². The third-order valence-electron chi connectivity index (χ3n) is 4.59. The minimum Gasteiger partial charge on any atom is -0.497 e. The summed E-state index contributed by atoms with van der Waals surface area (Å²) in [5.41, 5.74) is 1.26. The summed E-state index contributed by atoms with van der Waals surface area (Å²) < 4.78 is 15.6. The molecule has 3 rings (SSSR count). The van der Waals surface area contributed by atoms with Gasteiger partial charge in [-0.2, -0.15) is 0 Å². The molecular formula is C20H21NO6. The van der Waals surface area contributed by atoms with Crippen molar-refractivity contribution in [3.8, 4) is 11.5 Å². The molecule has 0 saturated carbocycles. The summed E-state index contributed by atoms with van der Waals surface area (Å²) >= 11 is 0. The number of hydrogen-bond donors (Lipinski definition) is 1. The number of aliphatic hydroxyl groups excluding tert-OH is 1. The number of aliphatic hydroxyl groups is 1. The van der Waals surface area contributed by atoms with Gasteiger partial charge in [-0.25, -0.2) is 9.69 Å². The molecule has 2 amide bonds. The van der Waals surface area contributed by atoms with Crippen molar-refractivity contribution >= 4 is 12.0 Å². The van der Waals surface area contributed by atoms with E-state index >= 15 is 0 Å². The summed E-state index contributed by atoms with van der Waals surface area (Å²) in [5.74, 6) is -0.562. The fourth-order valence-electron chi connectivity index (χ4n) is 3.17. The van der Waals surface area contributed by atoms with Crippen molar-refractivity contribution in [3.05, 3.63) is 59.7 Å². The zero-order chi connectivity index (χ0) is 19.4. The van der Waals surface area contributed by atoms with Crippen LogP contribution in [0.15, 0.2) is 48.5 Å². The second-order valence-electron chi connectivity index (χ2n) is 6.05. The Bertz CT molecular complexity index is 822. The molecule has 1 saturated heterocycles. The Balaban J connectivity index is 1.95. The third kappa shape index (κ3) is 3.59. The number of amides is 2. The van der Waals surface area contributed by atoms with E-state index in [9.17, 15) is 14.7 Å². The van der Waals surface area contributed by atoms with Crippen LogP contribution in [-0.2, 0) is 9.53 Å². The quantitative estimate of drug-likeness (QED) is 0.840. The summed E-state index contributed by atoms with van der Waals surface area (Å²) in [4.78, 5) is 26.5. The van der Waals surface area contributed by atoms with Gasteiger partial charge in [0, 0.05) is 11.6 Å². The highest BCUT2D eigenvalue weighted by molar-refractivity contribution is 5.97. The van der Waals surface area contributed by atoms with Gasteiger partial charge in [0.1, 0.15) is 24.1 Å². The summed E-state index contributed by atoms with van der Waals surface area (Å²) in [6, 6.07) is 13.6. The van der Waals surface area contributed by atoms with Gasteiger partial charge in [0.05, 0.1) is 26.7 Å². The molecule has 7 nitrogen and oxygen atoms in total. The highest BCUT2D eigenvalue weighted by Crippen LogP contribution is 2.35. The first kappa shape index (κ1) is 18.7. The van der Waals surface area contributed by atoms with Crippen molar-refractivity contribution < 1.29 is 28.9 Å². The van der Waals surface area contributed by atoms with Crippen LogP contribution in [0.4, 0.5) is 4.79 Å². The van der Waals surface area contributed by atoms with Crippen LogP contribution >= 0.6 is 0 Å². The molecule has 1 fully saturated rings. The van der Waals surface area contributed by atoms with Crippen LogP contribution in [-0.4, -0.2) is 49.4 Å². The molecular weight excluding hydrogens is 350 g/mol. The van der Waals surface area contributed by atoms with Crippen LogP contribution < -0.4 is 9.47 Å². The fourth-order valence-corrected chi connectivity index (χ4v) is 3.17. The van der Waals surface area contributed by atoms with Crippen molar-refractivity contribution in [3.63, 3.8) is 0 Å². The number of imide groups is 1. The molecule has 0 unspecified atom stereocenters. The maximum atomic E-state index is 13.2. The van der Waals surface area contributed by atoms with Crippen molar-refractivity contribution in [2.75, 3.05) is 27.4 Å². The molecule has 2 aromatic rings. The first-order valence-corrected chi connectivity index (χ1v) is 8.48. The van der Waals surface area contributed by atoms with Gasteiger partial charge < -0.3 is 19.3 Å². The van der Waals surface area contributed by atoms with E-state index in [1.54, 1.807) is 18.2 Å². The minimum absolute atomic E-state index is 0.0759. The average Bonchev–Trinajstić information content (AvgIpc) is 3.10. The number of rotatable bonds is 6. The molecule has 0 bridgehead atoms. The second kappa shape index (κ2) is 8.09. The molecule has 0 spiro atoms. The Labute approximate surface area is 157 Å². The van der Waals surface area contributed by atoms with E-state index in [0.29, 0.717) is 17.1 Å². The number of hydrogen-bond acceptors (Lipinski definition) is 6. The highest BCUT2D eigenvalue weighted by atomic mass is 16.6. The Hall–Kier alpha value is -3.06. The van der Waals surface area contributed by atoms with Gasteiger partial charge in [-0.1, -0.05) is 36.4 Å². The van der Waals surface area contributed by atoms with E-state index in [2.05, 4.69) is 0 Å². The number of cyclic esters (lactones) is 1. The molecule has 1 aliphatic heterocycles. The SMILES string of the molecule is COc1ccc([C@H](CO)C(=O)N2C(=O)OC[C@@H]2c2ccccc2)c(OC)c1. The van der Waals surface area contributed by atoms with Crippen molar-refractivity contribution in [2.24, 2.45) is 0 Å². The van der Waals surface area contributed by atoms with Gasteiger partial charge in [0.2, 0.25) is 5.91 Å². The van der Waals surface area contributed by atoms with E-state index < -0.39 is 30.6 Å². The number of carbonyl (C=O) groups excluding carboxylic acids is 2. The van der Waals surface area contributed by atoms with Gasteiger partial charge >= 0.3 is 6.09 Å². The Morgan fingerprint density at radius 3 is 2.59 bits per heavy atom. The van der Waals surface area contributed by atoms with Crippen LogP contribution in [0.3, 0.4) is 0 Å². The largest absolute Gasteiger partial charge is 0.497 e. The zero-order valence-corrected chi connectivity index (χ0v) is 15.1. The first-order valence-electron chi connectivity index (χ1n) is 8.48. The third-order valence-corrected chi connectivity index (χ3v) is 4.59. The molecule has 2 atom stereocenters. The normalized spacial score (nSPS) is 17.4. The Kier molecular flexibility index (Phi) is 5.61.